The minimum Gasteiger partial charge on any atom is -0.305 e. The molecule has 1 aliphatic heterocycles. The number of hydrogen-bond donors (Lipinski definition) is 1. The minimum absolute atomic E-state index is 0.00706. The van der Waals surface area contributed by atoms with E-state index in [0.717, 1.165) is 38.6 Å². The predicted molar refractivity (Wildman–Crippen MR) is 69.9 cm³/mol. The van der Waals surface area contributed by atoms with E-state index in [0.29, 0.717) is 6.42 Å². The maximum atomic E-state index is 12.2. The summed E-state index contributed by atoms with van der Waals surface area (Å²) in [4.78, 5) is 25.6. The summed E-state index contributed by atoms with van der Waals surface area (Å²) in [6, 6.07) is -0.115. The average Bonchev–Trinajstić information content (AvgIpc) is 2.94. The fraction of sp³-hybridized carbons (Fsp3) is 0.714. The molecule has 1 unspecified atom stereocenters. The molecular weight excluding hydrogens is 228 g/mol. The van der Waals surface area contributed by atoms with E-state index in [4.69, 9.17) is 0 Å². The van der Waals surface area contributed by atoms with Gasteiger partial charge in [0, 0.05) is 6.04 Å². The van der Waals surface area contributed by atoms with Crippen LogP contribution in [0.5, 0.6) is 0 Å². The lowest BCUT2D eigenvalue weighted by atomic mass is 10.2. The molecule has 0 aromatic rings. The molecule has 2 aliphatic rings. The zero-order chi connectivity index (χ0) is 13.0. The van der Waals surface area contributed by atoms with Crippen molar-refractivity contribution in [2.24, 2.45) is 0 Å². The molecule has 0 spiro atoms. The first kappa shape index (κ1) is 13.3. The molecule has 0 aromatic heterocycles. The van der Waals surface area contributed by atoms with Gasteiger partial charge in [-0.1, -0.05) is 25.0 Å². The average molecular weight is 250 g/mol. The quantitative estimate of drug-likeness (QED) is 0.458. The van der Waals surface area contributed by atoms with Gasteiger partial charge in [-0.2, -0.15) is 0 Å². The number of hydrogen-bond acceptors (Lipinski definition) is 3. The molecule has 1 atom stereocenters. The lowest BCUT2D eigenvalue weighted by Gasteiger charge is -2.22. The van der Waals surface area contributed by atoms with Crippen molar-refractivity contribution in [3.63, 3.8) is 0 Å². The van der Waals surface area contributed by atoms with Crippen molar-refractivity contribution in [3.05, 3.63) is 12.2 Å². The number of carbonyl (C=O) groups is 2. The van der Waals surface area contributed by atoms with Gasteiger partial charge in [0.05, 0.1) is 12.5 Å². The Bertz CT molecular complexity index is 346. The van der Waals surface area contributed by atoms with Crippen LogP contribution in [0.25, 0.3) is 0 Å². The third-order valence-electron chi connectivity index (χ3n) is 3.81. The lowest BCUT2D eigenvalue weighted by molar-refractivity contribution is -0.141. The van der Waals surface area contributed by atoms with Crippen molar-refractivity contribution < 1.29 is 9.59 Å². The SMILES string of the molecule is C/C=C/CCNC1CC(=O)N(C2CCCC2)C1=O. The predicted octanol–water partition coefficient (Wildman–Crippen LogP) is 1.61. The van der Waals surface area contributed by atoms with Crippen molar-refractivity contribution in [3.8, 4) is 0 Å². The summed E-state index contributed by atoms with van der Waals surface area (Å²) >= 11 is 0. The Kier molecular flexibility index (Phi) is 4.53. The Morgan fingerprint density at radius 2 is 2.06 bits per heavy atom. The number of amides is 2. The van der Waals surface area contributed by atoms with E-state index >= 15 is 0 Å². The number of carbonyl (C=O) groups excluding carboxylic acids is 2. The highest BCUT2D eigenvalue weighted by Gasteiger charge is 2.42. The van der Waals surface area contributed by atoms with E-state index in [2.05, 4.69) is 11.4 Å². The molecule has 1 aliphatic carbocycles. The van der Waals surface area contributed by atoms with Crippen molar-refractivity contribution in [2.75, 3.05) is 6.54 Å². The highest BCUT2D eigenvalue weighted by Crippen LogP contribution is 2.28. The van der Waals surface area contributed by atoms with Crippen LogP contribution in [-0.2, 0) is 9.59 Å². The van der Waals surface area contributed by atoms with E-state index in [1.165, 1.54) is 4.90 Å². The van der Waals surface area contributed by atoms with Gasteiger partial charge in [-0.3, -0.25) is 14.5 Å². The maximum absolute atomic E-state index is 12.2. The molecule has 18 heavy (non-hydrogen) atoms. The molecular formula is C14H22N2O2. The summed E-state index contributed by atoms with van der Waals surface area (Å²) < 4.78 is 0. The van der Waals surface area contributed by atoms with Crippen LogP contribution in [0, 0.1) is 0 Å². The third-order valence-corrected chi connectivity index (χ3v) is 3.81. The molecule has 0 bridgehead atoms. The number of allylic oxidation sites excluding steroid dienone is 1. The first-order valence-electron chi connectivity index (χ1n) is 6.94. The standard InChI is InChI=1S/C14H22N2O2/c1-2-3-6-9-15-12-10-13(17)16(14(12)18)11-7-4-5-8-11/h2-3,11-12,15H,4-10H2,1H3/b3-2+. The maximum Gasteiger partial charge on any atom is 0.247 e. The number of rotatable bonds is 5. The second kappa shape index (κ2) is 6.14. The van der Waals surface area contributed by atoms with E-state index in [1.54, 1.807) is 0 Å². The van der Waals surface area contributed by atoms with Crippen molar-refractivity contribution in [1.82, 2.24) is 10.2 Å². The van der Waals surface area contributed by atoms with Gasteiger partial charge in [0.2, 0.25) is 11.8 Å². The van der Waals surface area contributed by atoms with Crippen LogP contribution in [0.3, 0.4) is 0 Å². The van der Waals surface area contributed by atoms with Crippen LogP contribution < -0.4 is 5.32 Å². The smallest absolute Gasteiger partial charge is 0.247 e. The number of nitrogens with one attached hydrogen (secondary N) is 1. The van der Waals surface area contributed by atoms with Gasteiger partial charge in [-0.15, -0.1) is 0 Å². The Labute approximate surface area is 108 Å². The molecule has 4 heteroatoms. The molecule has 0 aromatic carbocycles. The van der Waals surface area contributed by atoms with Gasteiger partial charge in [0.25, 0.3) is 0 Å². The van der Waals surface area contributed by atoms with Crippen LogP contribution >= 0.6 is 0 Å². The van der Waals surface area contributed by atoms with E-state index in [-0.39, 0.29) is 23.9 Å². The van der Waals surface area contributed by atoms with Crippen LogP contribution in [0.1, 0.15) is 45.4 Å². The second-order valence-corrected chi connectivity index (χ2v) is 5.11. The summed E-state index contributed by atoms with van der Waals surface area (Å²) in [6.07, 6.45) is 9.55. The molecule has 1 saturated heterocycles. The Balaban J connectivity index is 1.87. The summed E-state index contributed by atoms with van der Waals surface area (Å²) in [6.45, 7) is 2.73. The third kappa shape index (κ3) is 2.80. The molecule has 1 N–H and O–H groups in total. The number of nitrogens with zero attached hydrogens (tertiary/aromatic N) is 1. The molecule has 2 amide bonds. The molecule has 4 nitrogen and oxygen atoms in total. The number of likely N-dealkylation sites (tertiary alicyclic amines) is 1. The van der Waals surface area contributed by atoms with Gasteiger partial charge in [-0.05, 0) is 32.7 Å². The molecule has 0 radical (unpaired) electrons. The fourth-order valence-electron chi connectivity index (χ4n) is 2.86. The van der Waals surface area contributed by atoms with Crippen LogP contribution in [-0.4, -0.2) is 35.3 Å². The first-order valence-corrected chi connectivity index (χ1v) is 6.94. The zero-order valence-corrected chi connectivity index (χ0v) is 11.0. The molecule has 1 heterocycles. The Hall–Kier alpha value is -1.16. The Morgan fingerprint density at radius 3 is 2.72 bits per heavy atom. The summed E-state index contributed by atoms with van der Waals surface area (Å²) in [7, 11) is 0. The number of imide groups is 1. The van der Waals surface area contributed by atoms with Crippen LogP contribution in [0.2, 0.25) is 0 Å². The van der Waals surface area contributed by atoms with E-state index in [1.807, 2.05) is 13.0 Å². The first-order chi connectivity index (χ1) is 8.74. The largest absolute Gasteiger partial charge is 0.305 e. The van der Waals surface area contributed by atoms with E-state index < -0.39 is 0 Å². The zero-order valence-electron chi connectivity index (χ0n) is 11.0. The van der Waals surface area contributed by atoms with E-state index in [9.17, 15) is 9.59 Å². The Morgan fingerprint density at radius 1 is 1.33 bits per heavy atom. The topological polar surface area (TPSA) is 49.4 Å². The van der Waals surface area contributed by atoms with Crippen molar-refractivity contribution >= 4 is 11.8 Å². The van der Waals surface area contributed by atoms with Gasteiger partial charge in [0.15, 0.2) is 0 Å². The van der Waals surface area contributed by atoms with Gasteiger partial charge in [-0.25, -0.2) is 0 Å². The van der Waals surface area contributed by atoms with Gasteiger partial charge in [0.1, 0.15) is 0 Å². The van der Waals surface area contributed by atoms with Crippen LogP contribution in [0.15, 0.2) is 12.2 Å². The highest BCUT2D eigenvalue weighted by atomic mass is 16.2. The summed E-state index contributed by atoms with van der Waals surface area (Å²) in [5.41, 5.74) is 0. The second-order valence-electron chi connectivity index (χ2n) is 5.11. The molecule has 2 fully saturated rings. The molecule has 2 rings (SSSR count). The fourth-order valence-corrected chi connectivity index (χ4v) is 2.86. The van der Waals surface area contributed by atoms with Gasteiger partial charge < -0.3 is 5.32 Å². The molecule has 1 saturated carbocycles. The van der Waals surface area contributed by atoms with Crippen molar-refractivity contribution in [2.45, 2.75) is 57.5 Å². The lowest BCUT2D eigenvalue weighted by Crippen LogP contribution is -2.43. The summed E-state index contributed by atoms with van der Waals surface area (Å²) in [5, 5.41) is 3.19. The molecule has 100 valence electrons. The van der Waals surface area contributed by atoms with Crippen LogP contribution in [0.4, 0.5) is 0 Å². The monoisotopic (exact) mass is 250 g/mol. The van der Waals surface area contributed by atoms with Gasteiger partial charge >= 0.3 is 0 Å². The summed E-state index contributed by atoms with van der Waals surface area (Å²) in [5.74, 6) is 0.00260. The highest BCUT2D eigenvalue weighted by molar-refractivity contribution is 6.05. The minimum atomic E-state index is -0.289. The normalized spacial score (nSPS) is 25.8. The van der Waals surface area contributed by atoms with Crippen molar-refractivity contribution in [1.29, 1.82) is 0 Å².